The Labute approximate surface area is 139 Å². The van der Waals surface area contributed by atoms with Gasteiger partial charge in [0.1, 0.15) is 6.04 Å². The minimum Gasteiger partial charge on any atom is -0.468 e. The van der Waals surface area contributed by atoms with Gasteiger partial charge in [0.25, 0.3) is 15.7 Å². The van der Waals surface area contributed by atoms with E-state index in [1.54, 1.807) is 0 Å². The van der Waals surface area contributed by atoms with E-state index in [9.17, 15) is 23.3 Å². The molecule has 24 heavy (non-hydrogen) atoms. The lowest BCUT2D eigenvalue weighted by Crippen LogP contribution is -2.52. The minimum absolute atomic E-state index is 0.0185. The van der Waals surface area contributed by atoms with Gasteiger partial charge in [-0.05, 0) is 31.4 Å². The molecular weight excluding hydrogens is 338 g/mol. The second kappa shape index (κ2) is 7.24. The molecule has 0 unspecified atom stereocenters. The molecule has 0 aliphatic carbocycles. The van der Waals surface area contributed by atoms with Crippen LogP contribution in [0, 0.1) is 16.0 Å². The summed E-state index contributed by atoms with van der Waals surface area (Å²) in [6.45, 7) is 0.279. The molecule has 2 rings (SSSR count). The van der Waals surface area contributed by atoms with Gasteiger partial charge in [0.15, 0.2) is 4.90 Å². The molecule has 1 heterocycles. The number of benzene rings is 1. The van der Waals surface area contributed by atoms with Crippen molar-refractivity contribution < 1.29 is 22.9 Å². The Morgan fingerprint density at radius 3 is 2.67 bits per heavy atom. The number of hydrogen-bond donors (Lipinski definition) is 1. The lowest BCUT2D eigenvalue weighted by atomic mass is 9.95. The van der Waals surface area contributed by atoms with Crippen molar-refractivity contribution in [3.63, 3.8) is 0 Å². The zero-order chi connectivity index (χ0) is 17.9. The van der Waals surface area contributed by atoms with Crippen LogP contribution in [0.2, 0.25) is 0 Å². The summed E-state index contributed by atoms with van der Waals surface area (Å²) in [6, 6.07) is 4.05. The van der Waals surface area contributed by atoms with Gasteiger partial charge < -0.3 is 10.5 Å². The molecule has 1 fully saturated rings. The van der Waals surface area contributed by atoms with Gasteiger partial charge >= 0.3 is 5.97 Å². The first-order valence-corrected chi connectivity index (χ1v) is 8.80. The van der Waals surface area contributed by atoms with Crippen LogP contribution in [0.4, 0.5) is 5.69 Å². The summed E-state index contributed by atoms with van der Waals surface area (Å²) < 4.78 is 31.6. The van der Waals surface area contributed by atoms with Gasteiger partial charge in [0, 0.05) is 12.6 Å². The molecule has 0 spiro atoms. The van der Waals surface area contributed by atoms with E-state index in [1.807, 2.05) is 0 Å². The summed E-state index contributed by atoms with van der Waals surface area (Å²) in [7, 11) is -3.08. The van der Waals surface area contributed by atoms with E-state index in [0.717, 1.165) is 16.4 Å². The number of ether oxygens (including phenoxy) is 1. The second-order valence-electron chi connectivity index (χ2n) is 5.52. The van der Waals surface area contributed by atoms with Crippen molar-refractivity contribution in [3.8, 4) is 0 Å². The lowest BCUT2D eigenvalue weighted by Gasteiger charge is -2.36. The fraction of sp³-hybridized carbons (Fsp3) is 0.500. The highest BCUT2D eigenvalue weighted by Crippen LogP contribution is 2.32. The molecule has 0 bridgehead atoms. The largest absolute Gasteiger partial charge is 0.468 e. The maximum Gasteiger partial charge on any atom is 0.324 e. The van der Waals surface area contributed by atoms with Gasteiger partial charge in [-0.2, -0.15) is 4.31 Å². The smallest absolute Gasteiger partial charge is 0.324 e. The number of nitro groups is 1. The number of piperidine rings is 1. The van der Waals surface area contributed by atoms with E-state index in [4.69, 9.17) is 5.73 Å². The zero-order valence-corrected chi connectivity index (χ0v) is 13.9. The number of sulfonamides is 1. The summed E-state index contributed by atoms with van der Waals surface area (Å²) in [5.41, 5.74) is 5.10. The van der Waals surface area contributed by atoms with Gasteiger partial charge in [-0.15, -0.1) is 0 Å². The highest BCUT2D eigenvalue weighted by Gasteiger charge is 2.43. The third-order valence-electron chi connectivity index (χ3n) is 4.09. The van der Waals surface area contributed by atoms with Crippen molar-refractivity contribution in [2.24, 2.45) is 11.7 Å². The predicted octanol–water partition coefficient (Wildman–Crippen LogP) is 0.496. The van der Waals surface area contributed by atoms with Crippen LogP contribution in [0.1, 0.15) is 12.8 Å². The molecular formula is C14H19N3O6S. The molecule has 0 radical (unpaired) electrons. The van der Waals surface area contributed by atoms with Gasteiger partial charge in [-0.3, -0.25) is 14.9 Å². The van der Waals surface area contributed by atoms with Crippen molar-refractivity contribution in [2.45, 2.75) is 23.8 Å². The molecule has 1 aliphatic rings. The number of nitrogens with zero attached hydrogens (tertiary/aromatic N) is 2. The molecule has 1 aromatic carbocycles. The molecule has 1 aromatic rings. The summed E-state index contributed by atoms with van der Waals surface area (Å²) in [4.78, 5) is 21.9. The standard InChI is InChI=1S/C14H19N3O6S/c1-23-14(18)12-7-6-10(8-15)9-16(12)24(21,22)13-5-3-2-4-11(13)17(19)20/h2-5,10,12H,6-9,15H2,1H3/t10-,12-/m1/s1. The molecule has 132 valence electrons. The predicted molar refractivity (Wildman–Crippen MR) is 84.6 cm³/mol. The maximum atomic E-state index is 13.0. The van der Waals surface area contributed by atoms with Crippen LogP contribution in [-0.2, 0) is 19.6 Å². The molecule has 2 atom stereocenters. The number of nitrogens with two attached hydrogens (primary N) is 1. The SMILES string of the molecule is COC(=O)[C@H]1CC[C@H](CN)CN1S(=O)(=O)c1ccccc1[N+](=O)[O-]. The Morgan fingerprint density at radius 2 is 2.08 bits per heavy atom. The fourth-order valence-electron chi connectivity index (χ4n) is 2.79. The Morgan fingerprint density at radius 1 is 1.42 bits per heavy atom. The van der Waals surface area contributed by atoms with E-state index in [1.165, 1.54) is 19.2 Å². The first kappa shape index (κ1) is 18.3. The van der Waals surface area contributed by atoms with Crippen molar-refractivity contribution in [1.82, 2.24) is 4.31 Å². The third-order valence-corrected chi connectivity index (χ3v) is 6.01. The van der Waals surface area contributed by atoms with Crippen LogP contribution < -0.4 is 5.73 Å². The Kier molecular flexibility index (Phi) is 5.52. The van der Waals surface area contributed by atoms with Crippen molar-refractivity contribution in [3.05, 3.63) is 34.4 Å². The van der Waals surface area contributed by atoms with E-state index in [-0.39, 0.29) is 25.4 Å². The number of nitro benzene ring substituents is 1. The maximum absolute atomic E-state index is 13.0. The Balaban J connectivity index is 2.51. The molecule has 1 aliphatic heterocycles. The zero-order valence-electron chi connectivity index (χ0n) is 13.1. The Bertz CT molecular complexity index is 736. The summed E-state index contributed by atoms with van der Waals surface area (Å²) >= 11 is 0. The van der Waals surface area contributed by atoms with Crippen LogP contribution in [0.5, 0.6) is 0 Å². The fourth-order valence-corrected chi connectivity index (χ4v) is 4.64. The van der Waals surface area contributed by atoms with Crippen LogP contribution in [-0.4, -0.2) is 49.9 Å². The summed E-state index contributed by atoms with van der Waals surface area (Å²) in [6.07, 6.45) is 0.841. The molecule has 0 amide bonds. The molecule has 9 nitrogen and oxygen atoms in total. The Hall–Kier alpha value is -2.04. The van der Waals surface area contributed by atoms with Crippen molar-refractivity contribution in [2.75, 3.05) is 20.2 Å². The van der Waals surface area contributed by atoms with Crippen molar-refractivity contribution in [1.29, 1.82) is 0 Å². The van der Waals surface area contributed by atoms with E-state index >= 15 is 0 Å². The monoisotopic (exact) mass is 357 g/mol. The first-order chi connectivity index (χ1) is 11.3. The van der Waals surface area contributed by atoms with Crippen LogP contribution in [0.3, 0.4) is 0 Å². The normalized spacial score (nSPS) is 22.1. The first-order valence-electron chi connectivity index (χ1n) is 7.36. The number of carbonyl (C=O) groups excluding carboxylic acids is 1. The van der Waals surface area contributed by atoms with Gasteiger partial charge in [-0.1, -0.05) is 12.1 Å². The third kappa shape index (κ3) is 3.40. The number of methoxy groups -OCH3 is 1. The second-order valence-corrected chi connectivity index (χ2v) is 7.38. The number of esters is 1. The molecule has 0 aromatic heterocycles. The summed E-state index contributed by atoms with van der Waals surface area (Å²) in [5, 5.41) is 11.2. The van der Waals surface area contributed by atoms with Crippen LogP contribution in [0.15, 0.2) is 29.2 Å². The number of carbonyl (C=O) groups is 1. The summed E-state index contributed by atoms with van der Waals surface area (Å²) in [5.74, 6) is -0.809. The van der Waals surface area contributed by atoms with E-state index < -0.39 is 37.5 Å². The number of hydrogen-bond acceptors (Lipinski definition) is 7. The van der Waals surface area contributed by atoms with Crippen molar-refractivity contribution >= 4 is 21.7 Å². The van der Waals surface area contributed by atoms with Gasteiger partial charge in [-0.25, -0.2) is 8.42 Å². The molecule has 1 saturated heterocycles. The number of rotatable bonds is 5. The topological polar surface area (TPSA) is 133 Å². The number of para-hydroxylation sites is 1. The molecule has 2 N–H and O–H groups in total. The van der Waals surface area contributed by atoms with E-state index in [0.29, 0.717) is 6.42 Å². The molecule has 0 saturated carbocycles. The van der Waals surface area contributed by atoms with Gasteiger partial charge in [0.05, 0.1) is 12.0 Å². The highest BCUT2D eigenvalue weighted by molar-refractivity contribution is 7.89. The quantitative estimate of drug-likeness (QED) is 0.461. The minimum atomic E-state index is -4.25. The lowest BCUT2D eigenvalue weighted by molar-refractivity contribution is -0.387. The average Bonchev–Trinajstić information content (AvgIpc) is 2.60. The van der Waals surface area contributed by atoms with Crippen LogP contribution in [0.25, 0.3) is 0 Å². The van der Waals surface area contributed by atoms with Gasteiger partial charge in [0.2, 0.25) is 0 Å². The molecule has 10 heteroatoms. The van der Waals surface area contributed by atoms with Crippen LogP contribution >= 0.6 is 0 Å². The highest BCUT2D eigenvalue weighted by atomic mass is 32.2. The van der Waals surface area contributed by atoms with E-state index in [2.05, 4.69) is 4.74 Å². The average molecular weight is 357 g/mol.